The fraction of sp³-hybridized carbons (Fsp3) is 0.308. The number of rotatable bonds is 6. The lowest BCUT2D eigenvalue weighted by atomic mass is 9.97. The summed E-state index contributed by atoms with van der Waals surface area (Å²) in [6.45, 7) is 5.45. The summed E-state index contributed by atoms with van der Waals surface area (Å²) in [5.74, 6) is -1.24. The molecule has 2 unspecified atom stereocenters. The van der Waals surface area contributed by atoms with Gasteiger partial charge in [-0.25, -0.2) is 0 Å². The Bertz CT molecular complexity index is 348. The van der Waals surface area contributed by atoms with Crippen molar-refractivity contribution in [3.63, 3.8) is 0 Å². The fourth-order valence-corrected chi connectivity index (χ4v) is 1.60. The van der Waals surface area contributed by atoms with Crippen LogP contribution in [0.2, 0.25) is 0 Å². The van der Waals surface area contributed by atoms with E-state index in [9.17, 15) is 4.79 Å². The van der Waals surface area contributed by atoms with E-state index in [0.29, 0.717) is 6.42 Å². The first-order chi connectivity index (χ1) is 7.65. The molecular formula is C13H17NO2. The van der Waals surface area contributed by atoms with Crippen LogP contribution in [0.25, 0.3) is 0 Å². The topological polar surface area (TPSA) is 49.3 Å². The molecule has 0 saturated heterocycles. The van der Waals surface area contributed by atoms with Crippen molar-refractivity contribution in [2.24, 2.45) is 5.92 Å². The van der Waals surface area contributed by atoms with Gasteiger partial charge in [0, 0.05) is 11.7 Å². The summed E-state index contributed by atoms with van der Waals surface area (Å²) in [6, 6.07) is 9.47. The third-order valence-corrected chi connectivity index (χ3v) is 2.51. The molecule has 0 amide bonds. The number of para-hydroxylation sites is 1. The van der Waals surface area contributed by atoms with Gasteiger partial charge in [-0.2, -0.15) is 0 Å². The number of anilines is 1. The number of carboxylic acid groups (broad SMARTS) is 1. The maximum Gasteiger partial charge on any atom is 0.308 e. The molecule has 0 aliphatic carbocycles. The maximum absolute atomic E-state index is 11.0. The van der Waals surface area contributed by atoms with Crippen LogP contribution in [0.5, 0.6) is 0 Å². The second kappa shape index (κ2) is 5.95. The number of hydrogen-bond acceptors (Lipinski definition) is 2. The van der Waals surface area contributed by atoms with Crippen LogP contribution in [0.1, 0.15) is 13.3 Å². The summed E-state index contributed by atoms with van der Waals surface area (Å²) in [5, 5.41) is 12.2. The van der Waals surface area contributed by atoms with E-state index in [0.717, 1.165) is 5.69 Å². The van der Waals surface area contributed by atoms with Crippen LogP contribution in [-0.2, 0) is 4.79 Å². The van der Waals surface area contributed by atoms with Gasteiger partial charge in [-0.3, -0.25) is 4.79 Å². The van der Waals surface area contributed by atoms with Crippen molar-refractivity contribution in [1.82, 2.24) is 0 Å². The molecule has 0 fully saturated rings. The molecule has 0 spiro atoms. The van der Waals surface area contributed by atoms with E-state index in [1.807, 2.05) is 37.3 Å². The monoisotopic (exact) mass is 219 g/mol. The van der Waals surface area contributed by atoms with Gasteiger partial charge < -0.3 is 10.4 Å². The number of carbonyl (C=O) groups is 1. The van der Waals surface area contributed by atoms with Gasteiger partial charge in [0.2, 0.25) is 0 Å². The van der Waals surface area contributed by atoms with Crippen molar-refractivity contribution in [1.29, 1.82) is 0 Å². The van der Waals surface area contributed by atoms with Gasteiger partial charge >= 0.3 is 5.97 Å². The molecule has 2 atom stereocenters. The zero-order valence-electron chi connectivity index (χ0n) is 9.39. The lowest BCUT2D eigenvalue weighted by molar-refractivity contribution is -0.141. The quantitative estimate of drug-likeness (QED) is 0.723. The van der Waals surface area contributed by atoms with Crippen LogP contribution in [0.3, 0.4) is 0 Å². The zero-order chi connectivity index (χ0) is 12.0. The van der Waals surface area contributed by atoms with E-state index < -0.39 is 11.9 Å². The Hall–Kier alpha value is -1.77. The second-order valence-corrected chi connectivity index (χ2v) is 3.77. The first kappa shape index (κ1) is 12.3. The van der Waals surface area contributed by atoms with E-state index >= 15 is 0 Å². The van der Waals surface area contributed by atoms with Crippen LogP contribution in [0, 0.1) is 5.92 Å². The summed E-state index contributed by atoms with van der Waals surface area (Å²) >= 11 is 0. The van der Waals surface area contributed by atoms with E-state index in [-0.39, 0.29) is 6.04 Å². The third kappa shape index (κ3) is 3.42. The Morgan fingerprint density at radius 3 is 2.62 bits per heavy atom. The van der Waals surface area contributed by atoms with Gasteiger partial charge in [-0.15, -0.1) is 6.58 Å². The predicted octanol–water partition coefficient (Wildman–Crippen LogP) is 2.76. The van der Waals surface area contributed by atoms with Crippen molar-refractivity contribution in [2.75, 3.05) is 5.32 Å². The molecule has 0 aromatic heterocycles. The number of carboxylic acids is 1. The van der Waals surface area contributed by atoms with Gasteiger partial charge in [-0.05, 0) is 25.5 Å². The normalized spacial score (nSPS) is 13.8. The van der Waals surface area contributed by atoms with Crippen LogP contribution >= 0.6 is 0 Å². The molecule has 16 heavy (non-hydrogen) atoms. The molecule has 1 aromatic rings. The highest BCUT2D eigenvalue weighted by Crippen LogP contribution is 2.15. The van der Waals surface area contributed by atoms with Gasteiger partial charge in [0.15, 0.2) is 0 Å². The maximum atomic E-state index is 11.0. The van der Waals surface area contributed by atoms with Crippen molar-refractivity contribution < 1.29 is 9.90 Å². The van der Waals surface area contributed by atoms with Crippen LogP contribution in [-0.4, -0.2) is 17.1 Å². The molecule has 0 radical (unpaired) electrons. The average Bonchev–Trinajstić information content (AvgIpc) is 2.26. The highest BCUT2D eigenvalue weighted by atomic mass is 16.4. The molecule has 0 saturated carbocycles. The Morgan fingerprint density at radius 2 is 2.12 bits per heavy atom. The van der Waals surface area contributed by atoms with Gasteiger partial charge in [0.25, 0.3) is 0 Å². The minimum absolute atomic E-state index is 0.127. The van der Waals surface area contributed by atoms with E-state index in [4.69, 9.17) is 5.11 Å². The SMILES string of the molecule is C=CCC(C(=O)O)C(C)Nc1ccccc1. The van der Waals surface area contributed by atoms with Crippen LogP contribution in [0.4, 0.5) is 5.69 Å². The molecular weight excluding hydrogens is 202 g/mol. The zero-order valence-corrected chi connectivity index (χ0v) is 9.39. The minimum Gasteiger partial charge on any atom is -0.481 e. The molecule has 0 heterocycles. The summed E-state index contributed by atoms with van der Waals surface area (Å²) < 4.78 is 0. The van der Waals surface area contributed by atoms with Crippen molar-refractivity contribution in [3.05, 3.63) is 43.0 Å². The first-order valence-electron chi connectivity index (χ1n) is 5.30. The van der Waals surface area contributed by atoms with Crippen LogP contribution < -0.4 is 5.32 Å². The highest BCUT2D eigenvalue weighted by molar-refractivity contribution is 5.71. The van der Waals surface area contributed by atoms with E-state index in [1.54, 1.807) is 6.08 Å². The molecule has 2 N–H and O–H groups in total. The minimum atomic E-state index is -0.796. The number of aliphatic carboxylic acids is 1. The summed E-state index contributed by atoms with van der Waals surface area (Å²) in [7, 11) is 0. The Balaban J connectivity index is 2.65. The molecule has 0 aliphatic heterocycles. The predicted molar refractivity (Wildman–Crippen MR) is 65.5 cm³/mol. The third-order valence-electron chi connectivity index (χ3n) is 2.51. The van der Waals surface area contributed by atoms with Crippen molar-refractivity contribution >= 4 is 11.7 Å². The fourth-order valence-electron chi connectivity index (χ4n) is 1.60. The molecule has 0 bridgehead atoms. The molecule has 86 valence electrons. The van der Waals surface area contributed by atoms with Gasteiger partial charge in [0.05, 0.1) is 5.92 Å². The number of benzene rings is 1. The standard InChI is InChI=1S/C13H17NO2/c1-3-7-12(13(15)16)10(2)14-11-8-5-4-6-9-11/h3-6,8-10,12,14H,1,7H2,2H3,(H,15,16). The Morgan fingerprint density at radius 1 is 1.50 bits per heavy atom. The highest BCUT2D eigenvalue weighted by Gasteiger charge is 2.22. The van der Waals surface area contributed by atoms with Gasteiger partial charge in [0.1, 0.15) is 0 Å². The number of allylic oxidation sites excluding steroid dienone is 1. The lowest BCUT2D eigenvalue weighted by Gasteiger charge is -2.21. The Kier molecular flexibility index (Phi) is 4.58. The van der Waals surface area contributed by atoms with Gasteiger partial charge in [-0.1, -0.05) is 24.3 Å². The van der Waals surface area contributed by atoms with E-state index in [1.165, 1.54) is 0 Å². The van der Waals surface area contributed by atoms with E-state index in [2.05, 4.69) is 11.9 Å². The molecule has 1 aromatic carbocycles. The number of nitrogens with one attached hydrogen (secondary N) is 1. The molecule has 3 heteroatoms. The first-order valence-corrected chi connectivity index (χ1v) is 5.30. The van der Waals surface area contributed by atoms with Crippen LogP contribution in [0.15, 0.2) is 43.0 Å². The summed E-state index contributed by atoms with van der Waals surface area (Å²) in [5.41, 5.74) is 0.935. The smallest absolute Gasteiger partial charge is 0.308 e. The lowest BCUT2D eigenvalue weighted by Crippen LogP contribution is -2.31. The molecule has 0 aliphatic rings. The summed E-state index contributed by atoms with van der Waals surface area (Å²) in [6.07, 6.45) is 2.11. The largest absolute Gasteiger partial charge is 0.481 e. The van der Waals surface area contributed by atoms with Crippen molar-refractivity contribution in [2.45, 2.75) is 19.4 Å². The number of hydrogen-bond donors (Lipinski definition) is 2. The average molecular weight is 219 g/mol. The molecule has 1 rings (SSSR count). The summed E-state index contributed by atoms with van der Waals surface area (Å²) in [4.78, 5) is 11.0. The Labute approximate surface area is 95.8 Å². The second-order valence-electron chi connectivity index (χ2n) is 3.77. The van der Waals surface area contributed by atoms with Crippen molar-refractivity contribution in [3.8, 4) is 0 Å². The molecule has 3 nitrogen and oxygen atoms in total.